The van der Waals surface area contributed by atoms with E-state index in [9.17, 15) is 9.13 Å². The first-order valence-corrected chi connectivity index (χ1v) is 10.6. The topological polar surface area (TPSA) is 102 Å². The lowest BCUT2D eigenvalue weighted by Gasteiger charge is -2.24. The first-order chi connectivity index (χ1) is 10.9. The molecule has 1 aromatic carbocycles. The first kappa shape index (κ1) is 21.4. The molecule has 1 rings (SSSR count). The van der Waals surface area contributed by atoms with Gasteiger partial charge in [0.05, 0.1) is 6.61 Å². The second kappa shape index (κ2) is 8.61. The van der Waals surface area contributed by atoms with Crippen LogP contribution in [0, 0.1) is 11.3 Å². The monoisotopic (exact) mass is 380 g/mol. The van der Waals surface area contributed by atoms with Gasteiger partial charge in [0.25, 0.3) is 0 Å². The molecule has 0 radical (unpaired) electrons. The van der Waals surface area contributed by atoms with Gasteiger partial charge in [0.1, 0.15) is 5.75 Å². The van der Waals surface area contributed by atoms with Gasteiger partial charge < -0.3 is 14.3 Å². The zero-order valence-electron chi connectivity index (χ0n) is 14.4. The van der Waals surface area contributed by atoms with Crippen molar-refractivity contribution >= 4 is 15.6 Å². The van der Waals surface area contributed by atoms with Crippen LogP contribution in [0.25, 0.3) is 0 Å². The van der Waals surface area contributed by atoms with Gasteiger partial charge in [0, 0.05) is 0 Å². The molecule has 0 heterocycles. The fourth-order valence-corrected chi connectivity index (χ4v) is 4.45. The van der Waals surface area contributed by atoms with Crippen molar-refractivity contribution < 1.29 is 32.3 Å². The SMILES string of the molecule is CC(CCOP(=O)(Oc1ccccc1)OP(=O)(O)O)CC(C)(C)C. The minimum Gasteiger partial charge on any atom is -0.404 e. The van der Waals surface area contributed by atoms with Crippen molar-refractivity contribution in [3.05, 3.63) is 30.3 Å². The number of benzene rings is 1. The van der Waals surface area contributed by atoms with Gasteiger partial charge in [-0.2, -0.15) is 4.31 Å². The Kier molecular flexibility index (Phi) is 7.67. The van der Waals surface area contributed by atoms with E-state index < -0.39 is 15.6 Å². The van der Waals surface area contributed by atoms with E-state index in [1.54, 1.807) is 18.2 Å². The van der Waals surface area contributed by atoms with E-state index in [1.807, 2.05) is 6.92 Å². The van der Waals surface area contributed by atoms with E-state index in [1.165, 1.54) is 12.1 Å². The van der Waals surface area contributed by atoms with Crippen molar-refractivity contribution in [2.75, 3.05) is 6.61 Å². The highest BCUT2D eigenvalue weighted by molar-refractivity contribution is 7.61. The highest BCUT2D eigenvalue weighted by Crippen LogP contribution is 2.60. The van der Waals surface area contributed by atoms with Gasteiger partial charge in [-0.3, -0.25) is 4.52 Å². The van der Waals surface area contributed by atoms with Gasteiger partial charge in [-0.25, -0.2) is 9.13 Å². The second-order valence-corrected chi connectivity index (χ2v) is 9.89. The van der Waals surface area contributed by atoms with Crippen LogP contribution in [-0.4, -0.2) is 16.4 Å². The molecular weight excluding hydrogens is 354 g/mol. The molecule has 2 atom stereocenters. The van der Waals surface area contributed by atoms with E-state index in [-0.39, 0.29) is 23.7 Å². The minimum atomic E-state index is -5.03. The van der Waals surface area contributed by atoms with Gasteiger partial charge in [-0.05, 0) is 36.3 Å². The zero-order chi connectivity index (χ0) is 18.4. The molecule has 0 saturated carbocycles. The highest BCUT2D eigenvalue weighted by atomic mass is 31.3. The Bertz CT molecular complexity index is 592. The van der Waals surface area contributed by atoms with Crippen LogP contribution < -0.4 is 4.52 Å². The van der Waals surface area contributed by atoms with Crippen molar-refractivity contribution in [2.24, 2.45) is 11.3 Å². The smallest absolute Gasteiger partial charge is 0.404 e. The van der Waals surface area contributed by atoms with Crippen LogP contribution in [0.2, 0.25) is 0 Å². The van der Waals surface area contributed by atoms with Gasteiger partial charge in [0.2, 0.25) is 0 Å². The van der Waals surface area contributed by atoms with E-state index in [0.717, 1.165) is 6.42 Å². The third-order valence-corrected chi connectivity index (χ3v) is 5.57. The van der Waals surface area contributed by atoms with Crippen molar-refractivity contribution in [1.82, 2.24) is 0 Å². The van der Waals surface area contributed by atoms with E-state index in [0.29, 0.717) is 6.42 Å². The quantitative estimate of drug-likeness (QED) is 0.595. The third-order valence-electron chi connectivity index (χ3n) is 2.99. The van der Waals surface area contributed by atoms with Gasteiger partial charge >= 0.3 is 15.6 Å². The summed E-state index contributed by atoms with van der Waals surface area (Å²) in [6.07, 6.45) is 1.49. The molecule has 0 aromatic heterocycles. The lowest BCUT2D eigenvalue weighted by molar-refractivity contribution is 0.169. The molecule has 24 heavy (non-hydrogen) atoms. The second-order valence-electron chi connectivity index (χ2n) is 6.92. The minimum absolute atomic E-state index is 0.00135. The Morgan fingerprint density at radius 3 is 2.21 bits per heavy atom. The maximum Gasteiger partial charge on any atom is 0.539 e. The summed E-state index contributed by atoms with van der Waals surface area (Å²) in [5.41, 5.74) is 0.145. The van der Waals surface area contributed by atoms with Crippen molar-refractivity contribution in [2.45, 2.75) is 40.5 Å². The van der Waals surface area contributed by atoms with E-state index >= 15 is 0 Å². The molecule has 0 spiro atoms. The van der Waals surface area contributed by atoms with Crippen molar-refractivity contribution in [1.29, 1.82) is 0 Å². The normalized spacial score (nSPS) is 16.4. The number of hydrogen-bond acceptors (Lipinski definition) is 5. The van der Waals surface area contributed by atoms with Crippen LogP contribution in [-0.2, 0) is 18.0 Å². The summed E-state index contributed by atoms with van der Waals surface area (Å²) in [7, 11) is -9.47. The lowest BCUT2D eigenvalue weighted by atomic mass is 9.84. The molecule has 0 fully saturated rings. The standard InChI is InChI=1S/C15H26O7P2/c1-13(12-15(2,3)4)10-11-20-24(19,22-23(16,17)18)21-14-8-6-5-7-9-14/h5-9,13H,10-12H2,1-4H3,(H2,16,17,18). The zero-order valence-corrected chi connectivity index (χ0v) is 16.2. The Balaban J connectivity index is 2.69. The predicted octanol–water partition coefficient (Wildman–Crippen LogP) is 4.76. The molecule has 7 nitrogen and oxygen atoms in total. The molecule has 2 unspecified atom stereocenters. The molecule has 0 aliphatic heterocycles. The van der Waals surface area contributed by atoms with E-state index in [2.05, 4.69) is 25.1 Å². The molecular formula is C15H26O7P2. The maximum absolute atomic E-state index is 12.5. The fraction of sp³-hybridized carbons (Fsp3) is 0.600. The Morgan fingerprint density at radius 1 is 1.12 bits per heavy atom. The Labute approximate surface area is 143 Å². The van der Waals surface area contributed by atoms with Crippen LogP contribution in [0.3, 0.4) is 0 Å². The van der Waals surface area contributed by atoms with Crippen LogP contribution in [0.5, 0.6) is 5.75 Å². The molecule has 0 aliphatic rings. The van der Waals surface area contributed by atoms with Crippen LogP contribution >= 0.6 is 15.6 Å². The maximum atomic E-state index is 12.5. The number of para-hydroxylation sites is 1. The van der Waals surface area contributed by atoms with E-state index in [4.69, 9.17) is 18.8 Å². The molecule has 138 valence electrons. The Hall–Kier alpha value is -0.680. The van der Waals surface area contributed by atoms with Crippen molar-refractivity contribution in [3.63, 3.8) is 0 Å². The average Bonchev–Trinajstić information content (AvgIpc) is 2.34. The summed E-state index contributed by atoms with van der Waals surface area (Å²) in [4.78, 5) is 17.9. The lowest BCUT2D eigenvalue weighted by Crippen LogP contribution is -2.13. The molecule has 9 heteroatoms. The number of phosphoric acid groups is 2. The van der Waals surface area contributed by atoms with Gasteiger partial charge in [-0.15, -0.1) is 0 Å². The number of phosphoric ester groups is 1. The predicted molar refractivity (Wildman–Crippen MR) is 91.6 cm³/mol. The summed E-state index contributed by atoms with van der Waals surface area (Å²) in [5, 5.41) is 0. The Morgan fingerprint density at radius 2 is 1.71 bits per heavy atom. The first-order valence-electron chi connectivity index (χ1n) is 7.65. The largest absolute Gasteiger partial charge is 0.539 e. The molecule has 0 bridgehead atoms. The molecule has 2 N–H and O–H groups in total. The van der Waals surface area contributed by atoms with Crippen LogP contribution in [0.15, 0.2) is 30.3 Å². The molecule has 1 aromatic rings. The summed E-state index contributed by atoms with van der Waals surface area (Å²) in [6, 6.07) is 7.95. The van der Waals surface area contributed by atoms with Gasteiger partial charge in [-0.1, -0.05) is 45.9 Å². The van der Waals surface area contributed by atoms with Crippen LogP contribution in [0.1, 0.15) is 40.5 Å². The summed E-state index contributed by atoms with van der Waals surface area (Å²) in [6.45, 7) is 8.38. The average molecular weight is 380 g/mol. The third kappa shape index (κ3) is 9.58. The number of hydrogen-bond donors (Lipinski definition) is 2. The van der Waals surface area contributed by atoms with Gasteiger partial charge in [0.15, 0.2) is 0 Å². The van der Waals surface area contributed by atoms with Crippen LogP contribution in [0.4, 0.5) is 0 Å². The highest BCUT2D eigenvalue weighted by Gasteiger charge is 2.37. The summed E-state index contributed by atoms with van der Waals surface area (Å²) >= 11 is 0. The fourth-order valence-electron chi connectivity index (χ4n) is 2.32. The summed E-state index contributed by atoms with van der Waals surface area (Å²) in [5.74, 6) is 0.419. The van der Waals surface area contributed by atoms with Crippen molar-refractivity contribution in [3.8, 4) is 5.75 Å². The molecule has 0 aliphatic carbocycles. The molecule has 0 saturated heterocycles. The number of rotatable bonds is 9. The summed E-state index contributed by atoms with van der Waals surface area (Å²) < 4.78 is 38.1. The molecule has 0 amide bonds.